The summed E-state index contributed by atoms with van der Waals surface area (Å²) in [5.41, 5.74) is 4.73. The number of nitrogens with one attached hydrogen (secondary N) is 1. The Kier molecular flexibility index (Phi) is 3.97. The predicted molar refractivity (Wildman–Crippen MR) is 60.8 cm³/mol. The molecule has 0 saturated heterocycles. The normalized spacial score (nSPS) is 10.4. The molecule has 0 unspecified atom stereocenters. The van der Waals surface area contributed by atoms with Gasteiger partial charge in [-0.05, 0) is 44.4 Å². The van der Waals surface area contributed by atoms with Gasteiger partial charge in [0.15, 0.2) is 0 Å². The standard InChI is InChI=1S/C12H18N2O/c1-8-5-14-12(11(4)10(8)3)7-13-6-9(2)15/h5,13H,6-7H2,1-4H3. The second-order valence-corrected chi connectivity index (χ2v) is 3.94. The number of aryl methyl sites for hydroxylation is 1. The zero-order chi connectivity index (χ0) is 11.4. The largest absolute Gasteiger partial charge is 0.304 e. The second kappa shape index (κ2) is 5.03. The minimum atomic E-state index is 0.150. The van der Waals surface area contributed by atoms with Gasteiger partial charge in [-0.2, -0.15) is 0 Å². The number of pyridine rings is 1. The van der Waals surface area contributed by atoms with Crippen molar-refractivity contribution in [2.45, 2.75) is 34.2 Å². The number of Topliss-reactive ketones (excluding diaryl/α,β-unsaturated/α-hetero) is 1. The van der Waals surface area contributed by atoms with Crippen molar-refractivity contribution in [2.75, 3.05) is 6.54 Å². The van der Waals surface area contributed by atoms with Crippen LogP contribution in [0.25, 0.3) is 0 Å². The van der Waals surface area contributed by atoms with Crippen LogP contribution in [0.5, 0.6) is 0 Å². The van der Waals surface area contributed by atoms with E-state index in [4.69, 9.17) is 0 Å². The van der Waals surface area contributed by atoms with E-state index in [1.165, 1.54) is 16.7 Å². The van der Waals surface area contributed by atoms with Crippen LogP contribution in [0.4, 0.5) is 0 Å². The first-order valence-electron chi connectivity index (χ1n) is 5.14. The van der Waals surface area contributed by atoms with E-state index in [-0.39, 0.29) is 5.78 Å². The third-order valence-electron chi connectivity index (χ3n) is 2.67. The number of nitrogens with zero attached hydrogens (tertiary/aromatic N) is 1. The van der Waals surface area contributed by atoms with Gasteiger partial charge in [0.2, 0.25) is 0 Å². The average Bonchev–Trinajstić information content (AvgIpc) is 2.18. The van der Waals surface area contributed by atoms with Crippen LogP contribution in [0.1, 0.15) is 29.3 Å². The van der Waals surface area contributed by atoms with Gasteiger partial charge in [0.1, 0.15) is 5.78 Å². The fourth-order valence-electron chi connectivity index (χ4n) is 1.42. The fourth-order valence-corrected chi connectivity index (χ4v) is 1.42. The first-order valence-corrected chi connectivity index (χ1v) is 5.14. The lowest BCUT2D eigenvalue weighted by molar-refractivity contribution is -0.116. The summed E-state index contributed by atoms with van der Waals surface area (Å²) in [5.74, 6) is 0.150. The van der Waals surface area contributed by atoms with E-state index in [1.54, 1.807) is 6.92 Å². The number of carbonyl (C=O) groups excluding carboxylic acids is 1. The molecule has 0 fully saturated rings. The molecule has 0 spiro atoms. The number of hydrogen-bond acceptors (Lipinski definition) is 3. The third-order valence-corrected chi connectivity index (χ3v) is 2.67. The Morgan fingerprint density at radius 2 is 2.00 bits per heavy atom. The minimum Gasteiger partial charge on any atom is -0.304 e. The fraction of sp³-hybridized carbons (Fsp3) is 0.500. The Labute approximate surface area is 90.9 Å². The summed E-state index contributed by atoms with van der Waals surface area (Å²) in [5, 5.41) is 3.08. The van der Waals surface area contributed by atoms with Crippen LogP contribution in [0.15, 0.2) is 6.20 Å². The van der Waals surface area contributed by atoms with Crippen LogP contribution >= 0.6 is 0 Å². The smallest absolute Gasteiger partial charge is 0.143 e. The third kappa shape index (κ3) is 3.13. The average molecular weight is 206 g/mol. The van der Waals surface area contributed by atoms with E-state index in [0.29, 0.717) is 13.1 Å². The van der Waals surface area contributed by atoms with Gasteiger partial charge in [0.25, 0.3) is 0 Å². The molecule has 0 bridgehead atoms. The topological polar surface area (TPSA) is 42.0 Å². The molecule has 1 heterocycles. The quantitative estimate of drug-likeness (QED) is 0.815. The maximum atomic E-state index is 10.8. The van der Waals surface area contributed by atoms with E-state index < -0.39 is 0 Å². The van der Waals surface area contributed by atoms with E-state index in [1.807, 2.05) is 6.20 Å². The zero-order valence-corrected chi connectivity index (χ0v) is 9.85. The maximum absolute atomic E-state index is 10.8. The molecule has 0 aliphatic carbocycles. The molecule has 0 amide bonds. The van der Waals surface area contributed by atoms with Crippen molar-refractivity contribution in [3.63, 3.8) is 0 Å². The summed E-state index contributed by atoms with van der Waals surface area (Å²) < 4.78 is 0. The number of ketones is 1. The van der Waals surface area contributed by atoms with Crippen molar-refractivity contribution in [3.8, 4) is 0 Å². The van der Waals surface area contributed by atoms with E-state index in [2.05, 4.69) is 31.1 Å². The van der Waals surface area contributed by atoms with Crippen molar-refractivity contribution < 1.29 is 4.79 Å². The lowest BCUT2D eigenvalue weighted by Gasteiger charge is -2.10. The molecule has 15 heavy (non-hydrogen) atoms. The van der Waals surface area contributed by atoms with Gasteiger partial charge >= 0.3 is 0 Å². The lowest BCUT2D eigenvalue weighted by Crippen LogP contribution is -2.21. The van der Waals surface area contributed by atoms with Gasteiger partial charge in [-0.3, -0.25) is 9.78 Å². The molecule has 0 aromatic carbocycles. The molecule has 3 heteroatoms. The van der Waals surface area contributed by atoms with Crippen LogP contribution < -0.4 is 5.32 Å². The van der Waals surface area contributed by atoms with Gasteiger partial charge in [-0.1, -0.05) is 0 Å². The SMILES string of the molecule is CC(=O)CNCc1ncc(C)c(C)c1C. The molecular weight excluding hydrogens is 188 g/mol. The first kappa shape index (κ1) is 11.9. The Hall–Kier alpha value is -1.22. The van der Waals surface area contributed by atoms with E-state index >= 15 is 0 Å². The Bertz CT molecular complexity index is 372. The van der Waals surface area contributed by atoms with E-state index in [9.17, 15) is 4.79 Å². The monoisotopic (exact) mass is 206 g/mol. The first-order chi connectivity index (χ1) is 7.02. The van der Waals surface area contributed by atoms with Crippen LogP contribution in [-0.4, -0.2) is 17.3 Å². The molecule has 1 aromatic rings. The molecule has 1 N–H and O–H groups in total. The maximum Gasteiger partial charge on any atom is 0.143 e. The highest BCUT2D eigenvalue weighted by atomic mass is 16.1. The lowest BCUT2D eigenvalue weighted by atomic mass is 10.0. The minimum absolute atomic E-state index is 0.150. The molecule has 0 atom stereocenters. The summed E-state index contributed by atoms with van der Waals surface area (Å²) in [4.78, 5) is 15.1. The Balaban J connectivity index is 2.70. The van der Waals surface area contributed by atoms with Crippen LogP contribution in [0, 0.1) is 20.8 Å². The highest BCUT2D eigenvalue weighted by Crippen LogP contribution is 2.13. The molecule has 82 valence electrons. The van der Waals surface area contributed by atoms with Gasteiger partial charge < -0.3 is 5.32 Å². The molecule has 0 saturated carbocycles. The van der Waals surface area contributed by atoms with E-state index in [0.717, 1.165) is 5.69 Å². The van der Waals surface area contributed by atoms with Gasteiger partial charge in [-0.15, -0.1) is 0 Å². The molecular formula is C12H18N2O. The Morgan fingerprint density at radius 1 is 1.33 bits per heavy atom. The number of carbonyl (C=O) groups is 1. The van der Waals surface area contributed by atoms with Crippen molar-refractivity contribution >= 4 is 5.78 Å². The van der Waals surface area contributed by atoms with Crippen molar-refractivity contribution in [1.29, 1.82) is 0 Å². The van der Waals surface area contributed by atoms with Crippen molar-refractivity contribution in [3.05, 3.63) is 28.6 Å². The summed E-state index contributed by atoms with van der Waals surface area (Å²) in [6.45, 7) is 8.87. The number of rotatable bonds is 4. The second-order valence-electron chi connectivity index (χ2n) is 3.94. The predicted octanol–water partition coefficient (Wildman–Crippen LogP) is 1.69. The molecule has 0 aliphatic heterocycles. The molecule has 1 aromatic heterocycles. The molecule has 3 nitrogen and oxygen atoms in total. The van der Waals surface area contributed by atoms with Crippen LogP contribution in [0.3, 0.4) is 0 Å². The van der Waals surface area contributed by atoms with Gasteiger partial charge in [0, 0.05) is 12.7 Å². The summed E-state index contributed by atoms with van der Waals surface area (Å²) >= 11 is 0. The van der Waals surface area contributed by atoms with Gasteiger partial charge in [0.05, 0.1) is 12.2 Å². The highest BCUT2D eigenvalue weighted by Gasteiger charge is 2.04. The zero-order valence-electron chi connectivity index (χ0n) is 9.85. The summed E-state index contributed by atoms with van der Waals surface area (Å²) in [6.07, 6.45) is 1.88. The summed E-state index contributed by atoms with van der Waals surface area (Å²) in [7, 11) is 0. The van der Waals surface area contributed by atoms with Crippen LogP contribution in [-0.2, 0) is 11.3 Å². The molecule has 0 aliphatic rings. The molecule has 1 rings (SSSR count). The van der Waals surface area contributed by atoms with Crippen molar-refractivity contribution in [2.24, 2.45) is 0 Å². The number of aromatic nitrogens is 1. The Morgan fingerprint density at radius 3 is 2.60 bits per heavy atom. The highest BCUT2D eigenvalue weighted by molar-refractivity contribution is 5.77. The van der Waals surface area contributed by atoms with Gasteiger partial charge in [-0.25, -0.2) is 0 Å². The molecule has 0 radical (unpaired) electrons. The number of hydrogen-bond donors (Lipinski definition) is 1. The summed E-state index contributed by atoms with van der Waals surface area (Å²) in [6, 6.07) is 0. The van der Waals surface area contributed by atoms with Crippen molar-refractivity contribution in [1.82, 2.24) is 10.3 Å². The van der Waals surface area contributed by atoms with Crippen LogP contribution in [0.2, 0.25) is 0 Å².